The van der Waals surface area contributed by atoms with Gasteiger partial charge in [-0.25, -0.2) is 9.97 Å². The second-order valence-corrected chi connectivity index (χ2v) is 4.98. The molecule has 0 unspecified atom stereocenters. The normalized spacial score (nSPS) is 11.7. The molecule has 1 aromatic rings. The van der Waals surface area contributed by atoms with Gasteiger partial charge in [-0.15, -0.1) is 0 Å². The van der Waals surface area contributed by atoms with Crippen LogP contribution in [0.2, 0.25) is 0 Å². The van der Waals surface area contributed by atoms with Gasteiger partial charge in [0.1, 0.15) is 5.82 Å². The molecule has 0 aliphatic heterocycles. The van der Waals surface area contributed by atoms with E-state index in [1.54, 1.807) is 0 Å². The van der Waals surface area contributed by atoms with E-state index in [1.165, 1.54) is 0 Å². The van der Waals surface area contributed by atoms with Crippen molar-refractivity contribution in [1.29, 1.82) is 0 Å². The molecular weight excluding hydrogens is 186 g/mol. The molecule has 1 aromatic heterocycles. The Morgan fingerprint density at radius 3 is 2.67 bits per heavy atom. The van der Waals surface area contributed by atoms with Crippen molar-refractivity contribution in [1.82, 2.24) is 15.3 Å². The Morgan fingerprint density at radius 1 is 1.33 bits per heavy atom. The maximum absolute atomic E-state index is 4.52. The molecule has 1 heterocycles. The molecule has 0 saturated carbocycles. The van der Waals surface area contributed by atoms with Gasteiger partial charge in [-0.2, -0.15) is 0 Å². The molecule has 0 spiro atoms. The summed E-state index contributed by atoms with van der Waals surface area (Å²) in [6.07, 6.45) is 2.77. The summed E-state index contributed by atoms with van der Waals surface area (Å²) >= 11 is 0. The fraction of sp³-hybridized carbons (Fsp3) is 0.667. The lowest BCUT2D eigenvalue weighted by atomic mass is 9.92. The summed E-state index contributed by atoms with van der Waals surface area (Å²) in [6, 6.07) is 1.97. The zero-order valence-corrected chi connectivity index (χ0v) is 10.2. The third-order valence-electron chi connectivity index (χ3n) is 2.01. The van der Waals surface area contributed by atoms with Crippen LogP contribution in [0.5, 0.6) is 0 Å². The highest BCUT2D eigenvalue weighted by molar-refractivity contribution is 5.03. The largest absolute Gasteiger partial charge is 0.311 e. The van der Waals surface area contributed by atoms with Gasteiger partial charge in [0.05, 0.1) is 5.69 Å². The summed E-state index contributed by atoms with van der Waals surface area (Å²) in [7, 11) is 0. The molecule has 0 fully saturated rings. The van der Waals surface area contributed by atoms with Crippen LogP contribution in [0.1, 0.15) is 39.2 Å². The maximum atomic E-state index is 4.52. The van der Waals surface area contributed by atoms with Gasteiger partial charge in [0.15, 0.2) is 0 Å². The quantitative estimate of drug-likeness (QED) is 0.822. The Hall–Kier alpha value is -0.960. The Labute approximate surface area is 92.3 Å². The second-order valence-electron chi connectivity index (χ2n) is 4.98. The van der Waals surface area contributed by atoms with Crippen molar-refractivity contribution in [2.45, 2.75) is 40.7 Å². The third-order valence-corrected chi connectivity index (χ3v) is 2.01. The molecule has 0 aliphatic carbocycles. The highest BCUT2D eigenvalue weighted by Gasteiger charge is 2.13. The molecule has 0 aliphatic rings. The van der Waals surface area contributed by atoms with Gasteiger partial charge in [-0.1, -0.05) is 27.7 Å². The number of rotatable bonds is 4. The molecule has 0 bridgehead atoms. The van der Waals surface area contributed by atoms with Crippen LogP contribution in [0.25, 0.3) is 0 Å². The van der Waals surface area contributed by atoms with Crippen molar-refractivity contribution < 1.29 is 0 Å². The van der Waals surface area contributed by atoms with Crippen LogP contribution in [0, 0.1) is 5.41 Å². The van der Waals surface area contributed by atoms with Crippen LogP contribution in [0.3, 0.4) is 0 Å². The van der Waals surface area contributed by atoms with E-state index in [0.717, 1.165) is 31.0 Å². The van der Waals surface area contributed by atoms with Crippen molar-refractivity contribution in [3.63, 3.8) is 0 Å². The Balaban J connectivity index is 2.66. The predicted octanol–water partition coefficient (Wildman–Crippen LogP) is 2.17. The fourth-order valence-corrected chi connectivity index (χ4v) is 1.35. The zero-order chi connectivity index (χ0) is 11.3. The highest BCUT2D eigenvalue weighted by atomic mass is 14.9. The van der Waals surface area contributed by atoms with E-state index in [2.05, 4.69) is 43.0 Å². The summed E-state index contributed by atoms with van der Waals surface area (Å²) in [5, 5.41) is 3.26. The molecule has 0 radical (unpaired) electrons. The standard InChI is InChI=1S/C12H21N3/c1-5-13-9-10-6-7-14-11(15-10)8-12(2,3)4/h6-7,13H,5,8-9H2,1-4H3. The van der Waals surface area contributed by atoms with Crippen molar-refractivity contribution >= 4 is 0 Å². The monoisotopic (exact) mass is 207 g/mol. The Bertz CT molecular complexity index is 302. The van der Waals surface area contributed by atoms with Crippen LogP contribution in [-0.4, -0.2) is 16.5 Å². The molecule has 1 N–H and O–H groups in total. The molecule has 0 atom stereocenters. The van der Waals surface area contributed by atoms with Gasteiger partial charge >= 0.3 is 0 Å². The van der Waals surface area contributed by atoms with E-state index < -0.39 is 0 Å². The number of aromatic nitrogens is 2. The lowest BCUT2D eigenvalue weighted by Gasteiger charge is -2.16. The van der Waals surface area contributed by atoms with Gasteiger partial charge in [0.2, 0.25) is 0 Å². The van der Waals surface area contributed by atoms with Gasteiger partial charge in [0, 0.05) is 19.2 Å². The first-order valence-electron chi connectivity index (χ1n) is 5.53. The summed E-state index contributed by atoms with van der Waals surface area (Å²) < 4.78 is 0. The zero-order valence-electron chi connectivity index (χ0n) is 10.2. The first kappa shape index (κ1) is 12.1. The van der Waals surface area contributed by atoms with Crippen LogP contribution in [0.15, 0.2) is 12.3 Å². The van der Waals surface area contributed by atoms with Crippen molar-refractivity contribution in [3.05, 3.63) is 23.8 Å². The van der Waals surface area contributed by atoms with Crippen molar-refractivity contribution in [2.75, 3.05) is 6.54 Å². The molecular formula is C12H21N3. The van der Waals surface area contributed by atoms with E-state index >= 15 is 0 Å². The van der Waals surface area contributed by atoms with Gasteiger partial charge in [-0.3, -0.25) is 0 Å². The van der Waals surface area contributed by atoms with E-state index in [9.17, 15) is 0 Å². The molecule has 0 saturated heterocycles. The van der Waals surface area contributed by atoms with Crippen LogP contribution >= 0.6 is 0 Å². The molecule has 1 rings (SSSR count). The lowest BCUT2D eigenvalue weighted by Crippen LogP contribution is -2.16. The first-order valence-corrected chi connectivity index (χ1v) is 5.53. The van der Waals surface area contributed by atoms with Crippen LogP contribution < -0.4 is 5.32 Å². The minimum absolute atomic E-state index is 0.247. The smallest absolute Gasteiger partial charge is 0.129 e. The van der Waals surface area contributed by atoms with E-state index in [-0.39, 0.29) is 5.41 Å². The Kier molecular flexibility index (Phi) is 4.21. The summed E-state index contributed by atoms with van der Waals surface area (Å²) in [4.78, 5) is 8.82. The van der Waals surface area contributed by atoms with E-state index in [4.69, 9.17) is 0 Å². The molecule has 0 amide bonds. The molecule has 84 valence electrons. The Morgan fingerprint density at radius 2 is 2.07 bits per heavy atom. The molecule has 0 aromatic carbocycles. The minimum Gasteiger partial charge on any atom is -0.311 e. The number of hydrogen-bond acceptors (Lipinski definition) is 3. The van der Waals surface area contributed by atoms with Crippen LogP contribution in [-0.2, 0) is 13.0 Å². The predicted molar refractivity (Wildman–Crippen MR) is 62.6 cm³/mol. The average Bonchev–Trinajstić information content (AvgIpc) is 2.12. The van der Waals surface area contributed by atoms with Crippen LogP contribution in [0.4, 0.5) is 0 Å². The van der Waals surface area contributed by atoms with E-state index in [0.29, 0.717) is 0 Å². The summed E-state index contributed by atoms with van der Waals surface area (Å²) in [5.74, 6) is 0.943. The number of nitrogens with zero attached hydrogens (tertiary/aromatic N) is 2. The topological polar surface area (TPSA) is 37.8 Å². The molecule has 3 nitrogen and oxygen atoms in total. The average molecular weight is 207 g/mol. The number of hydrogen-bond donors (Lipinski definition) is 1. The minimum atomic E-state index is 0.247. The first-order chi connectivity index (χ1) is 7.01. The van der Waals surface area contributed by atoms with Gasteiger partial charge < -0.3 is 5.32 Å². The van der Waals surface area contributed by atoms with Gasteiger partial charge in [-0.05, 0) is 18.0 Å². The molecule has 3 heteroatoms. The van der Waals surface area contributed by atoms with Crippen molar-refractivity contribution in [3.8, 4) is 0 Å². The second kappa shape index (κ2) is 5.21. The summed E-state index contributed by atoms with van der Waals surface area (Å²) in [5.41, 5.74) is 1.32. The molecule has 15 heavy (non-hydrogen) atoms. The highest BCUT2D eigenvalue weighted by Crippen LogP contribution is 2.17. The number of nitrogens with one attached hydrogen (secondary N) is 1. The third kappa shape index (κ3) is 4.88. The van der Waals surface area contributed by atoms with Crippen molar-refractivity contribution in [2.24, 2.45) is 5.41 Å². The fourth-order valence-electron chi connectivity index (χ4n) is 1.35. The maximum Gasteiger partial charge on any atom is 0.129 e. The van der Waals surface area contributed by atoms with Gasteiger partial charge in [0.25, 0.3) is 0 Å². The SMILES string of the molecule is CCNCc1ccnc(CC(C)(C)C)n1. The lowest BCUT2D eigenvalue weighted by molar-refractivity contribution is 0.399. The van der Waals surface area contributed by atoms with E-state index in [1.807, 2.05) is 12.3 Å². The summed E-state index contributed by atoms with van der Waals surface area (Å²) in [6.45, 7) is 10.5.